The van der Waals surface area contributed by atoms with E-state index in [0.717, 1.165) is 18.6 Å². The molecule has 0 radical (unpaired) electrons. The molecule has 2 N–H and O–H groups in total. The lowest BCUT2D eigenvalue weighted by atomic mass is 10.3. The van der Waals surface area contributed by atoms with E-state index in [9.17, 15) is 4.39 Å². The van der Waals surface area contributed by atoms with Crippen LogP contribution in [-0.4, -0.2) is 44.4 Å². The largest absolute Gasteiger partial charge is 0.489 e. The smallest absolute Gasteiger partial charge is 0.298 e. The Balaban J connectivity index is 1.75. The number of nitrogens with zero attached hydrogens (tertiary/aromatic N) is 2. The van der Waals surface area contributed by atoms with Crippen LogP contribution in [0.4, 0.5) is 10.4 Å². The van der Waals surface area contributed by atoms with Gasteiger partial charge in [0, 0.05) is 31.3 Å². The number of oxazole rings is 1. The highest BCUT2D eigenvalue weighted by Gasteiger charge is 2.17. The molecule has 6 nitrogen and oxygen atoms in total. The highest BCUT2D eigenvalue weighted by molar-refractivity contribution is 5.76. The lowest BCUT2D eigenvalue weighted by molar-refractivity contribution is 0.120. The average Bonchev–Trinajstić information content (AvgIpc) is 3.00. The fourth-order valence-corrected chi connectivity index (χ4v) is 2.18. The van der Waals surface area contributed by atoms with Gasteiger partial charge < -0.3 is 24.5 Å². The number of rotatable bonds is 5. The molecule has 3 rings (SSSR count). The van der Waals surface area contributed by atoms with Crippen molar-refractivity contribution in [2.24, 2.45) is 5.73 Å². The van der Waals surface area contributed by atoms with Gasteiger partial charge in [0.15, 0.2) is 5.58 Å². The van der Waals surface area contributed by atoms with Crippen LogP contribution in [0.15, 0.2) is 34.5 Å². The number of ether oxygens (including phenoxy) is 2. The second-order valence-corrected chi connectivity index (χ2v) is 4.99. The Kier molecular flexibility index (Phi) is 4.55. The molecular formula is C15H18FN3O3. The van der Waals surface area contributed by atoms with E-state index in [0.29, 0.717) is 42.5 Å². The molecule has 2 heterocycles. The van der Waals surface area contributed by atoms with Crippen molar-refractivity contribution >= 4 is 17.1 Å². The molecule has 1 aliphatic rings. The number of benzene rings is 1. The minimum atomic E-state index is 0.114. The van der Waals surface area contributed by atoms with Crippen LogP contribution < -0.4 is 15.4 Å². The molecule has 0 spiro atoms. The number of morpholine rings is 1. The number of anilines is 1. The lowest BCUT2D eigenvalue weighted by Gasteiger charge is -2.24. The molecule has 22 heavy (non-hydrogen) atoms. The van der Waals surface area contributed by atoms with Crippen molar-refractivity contribution in [1.29, 1.82) is 0 Å². The van der Waals surface area contributed by atoms with E-state index in [2.05, 4.69) is 4.98 Å². The SMILES string of the molecule is NC/C(=C/F)COc1ccc2nc(N3CCOCC3)oc2c1. The van der Waals surface area contributed by atoms with Crippen LogP contribution in [-0.2, 0) is 4.74 Å². The van der Waals surface area contributed by atoms with Gasteiger partial charge in [0.1, 0.15) is 17.9 Å². The van der Waals surface area contributed by atoms with Crippen molar-refractivity contribution in [3.05, 3.63) is 30.1 Å². The van der Waals surface area contributed by atoms with Crippen LogP contribution in [0.3, 0.4) is 0 Å². The molecule has 7 heteroatoms. The Bertz CT molecular complexity index is 665. The predicted octanol–water partition coefficient (Wildman–Crippen LogP) is 1.86. The van der Waals surface area contributed by atoms with Crippen molar-refractivity contribution < 1.29 is 18.3 Å². The maximum Gasteiger partial charge on any atom is 0.298 e. The molecule has 1 saturated heterocycles. The van der Waals surface area contributed by atoms with Crippen molar-refractivity contribution in [3.8, 4) is 5.75 Å². The summed E-state index contributed by atoms with van der Waals surface area (Å²) in [6.07, 6.45) is 0.476. The average molecular weight is 307 g/mol. The molecule has 1 aromatic carbocycles. The zero-order valence-corrected chi connectivity index (χ0v) is 12.1. The molecule has 0 unspecified atom stereocenters. The highest BCUT2D eigenvalue weighted by atomic mass is 19.1. The molecule has 118 valence electrons. The van der Waals surface area contributed by atoms with E-state index in [1.165, 1.54) is 0 Å². The fraction of sp³-hybridized carbons (Fsp3) is 0.400. The van der Waals surface area contributed by atoms with Gasteiger partial charge in [-0.2, -0.15) is 4.98 Å². The minimum Gasteiger partial charge on any atom is -0.489 e. The summed E-state index contributed by atoms with van der Waals surface area (Å²) in [5.74, 6) is 0.588. The Morgan fingerprint density at radius 3 is 2.95 bits per heavy atom. The van der Waals surface area contributed by atoms with Gasteiger partial charge in [-0.05, 0) is 12.1 Å². The number of nitrogens with two attached hydrogens (primary N) is 1. The first kappa shape index (κ1) is 14.8. The van der Waals surface area contributed by atoms with Gasteiger partial charge in [0.25, 0.3) is 6.01 Å². The van der Waals surface area contributed by atoms with E-state index in [1.54, 1.807) is 12.1 Å². The number of hydrogen-bond acceptors (Lipinski definition) is 6. The molecule has 0 amide bonds. The summed E-state index contributed by atoms with van der Waals surface area (Å²) in [6, 6.07) is 5.93. The molecule has 0 atom stereocenters. The van der Waals surface area contributed by atoms with Crippen molar-refractivity contribution in [1.82, 2.24) is 4.98 Å². The maximum absolute atomic E-state index is 12.5. The standard InChI is InChI=1S/C15H18FN3O3/c16-8-11(9-17)10-21-12-1-2-13-14(7-12)22-15(18-13)19-3-5-20-6-4-19/h1-2,7-8H,3-6,9-10,17H2/b11-8-. The normalized spacial score (nSPS) is 16.3. The zero-order chi connectivity index (χ0) is 15.4. The first-order valence-corrected chi connectivity index (χ1v) is 7.14. The summed E-state index contributed by atoms with van der Waals surface area (Å²) in [4.78, 5) is 6.51. The van der Waals surface area contributed by atoms with Crippen molar-refractivity contribution in [2.45, 2.75) is 0 Å². The van der Waals surface area contributed by atoms with Crippen LogP contribution in [0.2, 0.25) is 0 Å². The van der Waals surface area contributed by atoms with Gasteiger partial charge in [-0.3, -0.25) is 0 Å². The van der Waals surface area contributed by atoms with Gasteiger partial charge in [-0.15, -0.1) is 0 Å². The quantitative estimate of drug-likeness (QED) is 0.909. The summed E-state index contributed by atoms with van der Waals surface area (Å²) < 4.78 is 29.0. The summed E-state index contributed by atoms with van der Waals surface area (Å²) in [5.41, 5.74) is 7.18. The van der Waals surface area contributed by atoms with E-state index >= 15 is 0 Å². The van der Waals surface area contributed by atoms with Gasteiger partial charge in [-0.25, -0.2) is 4.39 Å². The molecular weight excluding hydrogens is 289 g/mol. The van der Waals surface area contributed by atoms with Crippen LogP contribution in [0, 0.1) is 0 Å². The van der Waals surface area contributed by atoms with Crippen molar-refractivity contribution in [3.63, 3.8) is 0 Å². The summed E-state index contributed by atoms with van der Waals surface area (Å²) in [7, 11) is 0. The summed E-state index contributed by atoms with van der Waals surface area (Å²) in [5, 5.41) is 0. The first-order chi connectivity index (χ1) is 10.8. The Hall–Kier alpha value is -2.12. The molecule has 0 bridgehead atoms. The third-order valence-electron chi connectivity index (χ3n) is 3.47. The fourth-order valence-electron chi connectivity index (χ4n) is 2.18. The molecule has 0 saturated carbocycles. The molecule has 1 aromatic heterocycles. The number of hydrogen-bond donors (Lipinski definition) is 1. The molecule has 1 fully saturated rings. The Morgan fingerprint density at radius 1 is 1.41 bits per heavy atom. The minimum absolute atomic E-state index is 0.114. The number of halogens is 1. The topological polar surface area (TPSA) is 73.8 Å². The van der Waals surface area contributed by atoms with E-state index in [-0.39, 0.29) is 13.2 Å². The first-order valence-electron chi connectivity index (χ1n) is 7.14. The molecule has 1 aliphatic heterocycles. The van der Waals surface area contributed by atoms with Crippen LogP contribution in [0.5, 0.6) is 5.75 Å². The van der Waals surface area contributed by atoms with E-state index in [4.69, 9.17) is 19.6 Å². The van der Waals surface area contributed by atoms with Crippen LogP contribution in [0.1, 0.15) is 0 Å². The second kappa shape index (κ2) is 6.76. The lowest BCUT2D eigenvalue weighted by Crippen LogP contribution is -2.36. The van der Waals surface area contributed by atoms with Gasteiger partial charge >= 0.3 is 0 Å². The van der Waals surface area contributed by atoms with E-state index < -0.39 is 0 Å². The molecule has 0 aliphatic carbocycles. The summed E-state index contributed by atoms with van der Waals surface area (Å²) in [6.45, 7) is 3.11. The van der Waals surface area contributed by atoms with Gasteiger partial charge in [0.05, 0.1) is 19.5 Å². The highest BCUT2D eigenvalue weighted by Crippen LogP contribution is 2.26. The monoisotopic (exact) mass is 307 g/mol. The third kappa shape index (κ3) is 3.20. The third-order valence-corrected chi connectivity index (χ3v) is 3.47. The number of fused-ring (bicyclic) bond motifs is 1. The van der Waals surface area contributed by atoms with Gasteiger partial charge in [0.2, 0.25) is 0 Å². The maximum atomic E-state index is 12.5. The van der Waals surface area contributed by atoms with Crippen LogP contribution in [0.25, 0.3) is 11.1 Å². The second-order valence-electron chi connectivity index (χ2n) is 4.99. The Morgan fingerprint density at radius 2 is 2.23 bits per heavy atom. The van der Waals surface area contributed by atoms with E-state index in [1.807, 2.05) is 11.0 Å². The summed E-state index contributed by atoms with van der Waals surface area (Å²) >= 11 is 0. The zero-order valence-electron chi connectivity index (χ0n) is 12.1. The van der Waals surface area contributed by atoms with Gasteiger partial charge in [-0.1, -0.05) is 0 Å². The van der Waals surface area contributed by atoms with Crippen molar-refractivity contribution in [2.75, 3.05) is 44.4 Å². The van der Waals surface area contributed by atoms with Crippen LogP contribution >= 0.6 is 0 Å². The number of aromatic nitrogens is 1. The molecule has 2 aromatic rings. The predicted molar refractivity (Wildman–Crippen MR) is 80.8 cm³/mol. The Labute approximate surface area is 127 Å².